The van der Waals surface area contributed by atoms with Crippen LogP contribution in [0.15, 0.2) is 18.2 Å². The lowest BCUT2D eigenvalue weighted by molar-refractivity contribution is 0.583. The first-order chi connectivity index (χ1) is 7.77. The number of imidazole rings is 1. The van der Waals surface area contributed by atoms with Gasteiger partial charge in [0.2, 0.25) is 5.95 Å². The number of aryl methyl sites for hydroxylation is 1. The van der Waals surface area contributed by atoms with E-state index in [-0.39, 0.29) is 0 Å². The Balaban J connectivity index is 2.22. The minimum absolute atomic E-state index is 0.525. The summed E-state index contributed by atoms with van der Waals surface area (Å²) in [4.78, 5) is 4.49. The number of rotatable bonds is 1. The fraction of sp³-hybridized carbons (Fsp3) is 0.417. The molecule has 1 aromatic carbocycles. The van der Waals surface area contributed by atoms with Crippen LogP contribution in [0, 0.1) is 6.92 Å². The number of benzene rings is 1. The summed E-state index contributed by atoms with van der Waals surface area (Å²) in [6, 6.07) is 6.81. The zero-order chi connectivity index (χ0) is 11.1. The molecule has 1 saturated heterocycles. The van der Waals surface area contributed by atoms with Crippen molar-refractivity contribution >= 4 is 28.7 Å². The molecule has 1 aliphatic rings. The molecule has 1 aromatic heterocycles. The monoisotopic (exact) mass is 233 g/mol. The first-order valence-corrected chi connectivity index (χ1v) is 6.73. The average molecular weight is 233 g/mol. The van der Waals surface area contributed by atoms with Gasteiger partial charge < -0.3 is 10.3 Å². The van der Waals surface area contributed by atoms with Crippen LogP contribution in [0.5, 0.6) is 0 Å². The van der Waals surface area contributed by atoms with Gasteiger partial charge >= 0.3 is 0 Å². The van der Waals surface area contributed by atoms with Crippen LogP contribution < -0.4 is 5.73 Å². The molecule has 0 bridgehead atoms. The van der Waals surface area contributed by atoms with Gasteiger partial charge in [-0.05, 0) is 30.7 Å². The largest absolute Gasteiger partial charge is 0.369 e. The van der Waals surface area contributed by atoms with E-state index in [9.17, 15) is 0 Å². The molecule has 0 aliphatic carbocycles. The maximum Gasteiger partial charge on any atom is 0.201 e. The molecule has 1 aliphatic heterocycles. The van der Waals surface area contributed by atoms with Crippen molar-refractivity contribution in [1.82, 2.24) is 9.55 Å². The van der Waals surface area contributed by atoms with E-state index in [1.165, 1.54) is 23.3 Å². The summed E-state index contributed by atoms with van der Waals surface area (Å²) in [5.41, 5.74) is 9.48. The van der Waals surface area contributed by atoms with Crippen LogP contribution in [0.25, 0.3) is 11.0 Å². The Morgan fingerprint density at radius 2 is 2.38 bits per heavy atom. The highest BCUT2D eigenvalue weighted by atomic mass is 32.2. The molecule has 0 amide bonds. The predicted octanol–water partition coefficient (Wildman–Crippen LogP) is 2.60. The topological polar surface area (TPSA) is 43.8 Å². The molecular formula is C12H15N3S. The Hall–Kier alpha value is -1.16. The van der Waals surface area contributed by atoms with E-state index in [4.69, 9.17) is 5.73 Å². The Labute approximate surface area is 99.0 Å². The number of hydrogen-bond donors (Lipinski definition) is 1. The van der Waals surface area contributed by atoms with E-state index in [0.717, 1.165) is 11.3 Å². The van der Waals surface area contributed by atoms with Gasteiger partial charge in [-0.1, -0.05) is 12.1 Å². The summed E-state index contributed by atoms with van der Waals surface area (Å²) in [5.74, 6) is 3.05. The molecule has 2 aromatic rings. The van der Waals surface area contributed by atoms with Gasteiger partial charge in [0, 0.05) is 11.8 Å². The lowest BCUT2D eigenvalue weighted by Gasteiger charge is -2.13. The van der Waals surface area contributed by atoms with Crippen LogP contribution in [-0.4, -0.2) is 21.1 Å². The Morgan fingerprint density at radius 3 is 3.12 bits per heavy atom. The van der Waals surface area contributed by atoms with Crippen molar-refractivity contribution in [3.05, 3.63) is 23.8 Å². The molecule has 3 rings (SSSR count). The molecule has 84 valence electrons. The number of nitrogens with two attached hydrogens (primary N) is 1. The normalized spacial score (nSPS) is 20.7. The number of aromatic nitrogens is 2. The van der Waals surface area contributed by atoms with Crippen LogP contribution in [-0.2, 0) is 0 Å². The second kappa shape index (κ2) is 3.70. The first kappa shape index (κ1) is 10.0. The summed E-state index contributed by atoms with van der Waals surface area (Å²) in [6.07, 6.45) is 1.20. The van der Waals surface area contributed by atoms with Gasteiger partial charge in [-0.2, -0.15) is 11.8 Å². The molecule has 0 radical (unpaired) electrons. The SMILES string of the molecule is Cc1cccc2c1nc(N)n2C1CCSC1. The van der Waals surface area contributed by atoms with Crippen molar-refractivity contribution in [2.24, 2.45) is 0 Å². The first-order valence-electron chi connectivity index (χ1n) is 5.58. The summed E-state index contributed by atoms with van der Waals surface area (Å²) in [7, 11) is 0. The Morgan fingerprint density at radius 1 is 1.50 bits per heavy atom. The maximum absolute atomic E-state index is 6.04. The molecule has 1 fully saturated rings. The fourth-order valence-electron chi connectivity index (χ4n) is 2.38. The van der Waals surface area contributed by atoms with E-state index in [1.807, 2.05) is 11.8 Å². The standard InChI is InChI=1S/C12H15N3S/c1-8-3-2-4-10-11(8)14-12(13)15(10)9-5-6-16-7-9/h2-4,9H,5-7H2,1H3,(H2,13,14). The second-order valence-electron chi connectivity index (χ2n) is 4.30. The number of thioether (sulfide) groups is 1. The molecule has 2 N–H and O–H groups in total. The molecule has 1 unspecified atom stereocenters. The van der Waals surface area contributed by atoms with E-state index in [1.54, 1.807) is 0 Å². The summed E-state index contributed by atoms with van der Waals surface area (Å²) in [5, 5.41) is 0. The quantitative estimate of drug-likeness (QED) is 0.823. The van der Waals surface area contributed by atoms with Crippen LogP contribution in [0.4, 0.5) is 5.95 Å². The number of nitrogen functional groups attached to an aromatic ring is 1. The van der Waals surface area contributed by atoms with Gasteiger partial charge in [-0.3, -0.25) is 0 Å². The van der Waals surface area contributed by atoms with E-state index in [0.29, 0.717) is 12.0 Å². The van der Waals surface area contributed by atoms with Gasteiger partial charge in [0.15, 0.2) is 0 Å². The molecule has 16 heavy (non-hydrogen) atoms. The molecule has 0 spiro atoms. The van der Waals surface area contributed by atoms with Gasteiger partial charge in [-0.25, -0.2) is 4.98 Å². The van der Waals surface area contributed by atoms with Crippen molar-refractivity contribution in [3.63, 3.8) is 0 Å². The van der Waals surface area contributed by atoms with Crippen LogP contribution in [0.2, 0.25) is 0 Å². The third-order valence-electron chi connectivity index (χ3n) is 3.22. The molecule has 4 heteroatoms. The zero-order valence-electron chi connectivity index (χ0n) is 9.31. The molecule has 0 saturated carbocycles. The highest BCUT2D eigenvalue weighted by molar-refractivity contribution is 7.99. The number of para-hydroxylation sites is 1. The van der Waals surface area contributed by atoms with Gasteiger partial charge in [0.25, 0.3) is 0 Å². The molecular weight excluding hydrogens is 218 g/mol. The van der Waals surface area contributed by atoms with E-state index in [2.05, 4.69) is 34.7 Å². The van der Waals surface area contributed by atoms with Gasteiger partial charge in [-0.15, -0.1) is 0 Å². The number of hydrogen-bond acceptors (Lipinski definition) is 3. The number of anilines is 1. The van der Waals surface area contributed by atoms with Crippen molar-refractivity contribution < 1.29 is 0 Å². The second-order valence-corrected chi connectivity index (χ2v) is 5.45. The lowest BCUT2D eigenvalue weighted by atomic mass is 10.2. The van der Waals surface area contributed by atoms with Crippen LogP contribution >= 0.6 is 11.8 Å². The smallest absolute Gasteiger partial charge is 0.201 e. The Bertz CT molecular complexity index is 526. The minimum Gasteiger partial charge on any atom is -0.369 e. The van der Waals surface area contributed by atoms with E-state index >= 15 is 0 Å². The molecule has 1 atom stereocenters. The minimum atomic E-state index is 0.525. The van der Waals surface area contributed by atoms with E-state index < -0.39 is 0 Å². The van der Waals surface area contributed by atoms with Crippen molar-refractivity contribution in [3.8, 4) is 0 Å². The average Bonchev–Trinajstić information content (AvgIpc) is 2.85. The predicted molar refractivity (Wildman–Crippen MR) is 69.9 cm³/mol. The lowest BCUT2D eigenvalue weighted by Crippen LogP contribution is -2.10. The van der Waals surface area contributed by atoms with Gasteiger partial charge in [0.1, 0.15) is 0 Å². The van der Waals surface area contributed by atoms with Crippen molar-refractivity contribution in [2.75, 3.05) is 17.2 Å². The maximum atomic E-state index is 6.04. The van der Waals surface area contributed by atoms with Gasteiger partial charge in [0.05, 0.1) is 11.0 Å². The zero-order valence-corrected chi connectivity index (χ0v) is 10.1. The highest BCUT2D eigenvalue weighted by Gasteiger charge is 2.22. The number of fused-ring (bicyclic) bond motifs is 1. The third kappa shape index (κ3) is 1.40. The summed E-state index contributed by atoms with van der Waals surface area (Å²) < 4.78 is 2.21. The molecule has 3 nitrogen and oxygen atoms in total. The fourth-order valence-corrected chi connectivity index (χ4v) is 3.58. The summed E-state index contributed by atoms with van der Waals surface area (Å²) >= 11 is 2.00. The van der Waals surface area contributed by atoms with Crippen molar-refractivity contribution in [1.29, 1.82) is 0 Å². The Kier molecular flexibility index (Phi) is 2.32. The third-order valence-corrected chi connectivity index (χ3v) is 4.36. The van der Waals surface area contributed by atoms with Crippen LogP contribution in [0.3, 0.4) is 0 Å². The highest BCUT2D eigenvalue weighted by Crippen LogP contribution is 2.33. The van der Waals surface area contributed by atoms with Crippen LogP contribution in [0.1, 0.15) is 18.0 Å². The van der Waals surface area contributed by atoms with Crippen molar-refractivity contribution in [2.45, 2.75) is 19.4 Å². The molecule has 2 heterocycles. The number of nitrogens with zero attached hydrogens (tertiary/aromatic N) is 2. The summed E-state index contributed by atoms with van der Waals surface area (Å²) in [6.45, 7) is 2.09.